The van der Waals surface area contributed by atoms with Gasteiger partial charge >= 0.3 is 12.1 Å². The van der Waals surface area contributed by atoms with Crippen molar-refractivity contribution in [1.82, 2.24) is 10.2 Å². The maximum absolute atomic E-state index is 12.5. The molecule has 10 heteroatoms. The van der Waals surface area contributed by atoms with Crippen molar-refractivity contribution < 1.29 is 38.2 Å². The first-order valence-electron chi connectivity index (χ1n) is 11.7. The van der Waals surface area contributed by atoms with E-state index < -0.39 is 30.4 Å². The van der Waals surface area contributed by atoms with Crippen molar-refractivity contribution in [3.63, 3.8) is 0 Å². The minimum atomic E-state index is -0.758. The number of benzene rings is 2. The van der Waals surface area contributed by atoms with Gasteiger partial charge in [0.1, 0.15) is 19.7 Å². The van der Waals surface area contributed by atoms with E-state index in [-0.39, 0.29) is 31.5 Å². The zero-order valence-corrected chi connectivity index (χ0v) is 21.4. The third-order valence-electron chi connectivity index (χ3n) is 5.70. The van der Waals surface area contributed by atoms with Crippen LogP contribution in [0.25, 0.3) is 11.1 Å². The van der Waals surface area contributed by atoms with Crippen LogP contribution in [0.15, 0.2) is 48.5 Å². The fourth-order valence-electron chi connectivity index (χ4n) is 3.36. The largest absolute Gasteiger partial charge is 0.456 e. The number of alkyl carbamates (subject to hydrolysis) is 1. The lowest BCUT2D eigenvalue weighted by Crippen LogP contribution is -2.47. The number of rotatable bonds is 13. The zero-order valence-electron chi connectivity index (χ0n) is 21.4. The lowest BCUT2D eigenvalue weighted by molar-refractivity contribution is -0.149. The van der Waals surface area contributed by atoms with Crippen LogP contribution < -0.4 is 5.32 Å². The van der Waals surface area contributed by atoms with Gasteiger partial charge in [-0.1, -0.05) is 55.5 Å². The molecule has 0 bridgehead atoms. The summed E-state index contributed by atoms with van der Waals surface area (Å²) in [6.07, 6.45) is -0.180. The Hall–Kier alpha value is -4.05. The van der Waals surface area contributed by atoms with Crippen molar-refractivity contribution in [2.45, 2.75) is 26.3 Å². The van der Waals surface area contributed by atoms with E-state index in [9.17, 15) is 24.0 Å². The van der Waals surface area contributed by atoms with Gasteiger partial charge < -0.3 is 24.4 Å². The third-order valence-corrected chi connectivity index (χ3v) is 5.70. The van der Waals surface area contributed by atoms with E-state index in [1.165, 1.54) is 19.1 Å². The molecule has 0 spiro atoms. The molecule has 2 aromatic rings. The number of carbonyl (C=O) groups is 5. The monoisotopic (exact) mass is 512 g/mol. The number of ether oxygens (including phenoxy) is 3. The molecule has 0 aliphatic heterocycles. The number of methoxy groups -OCH3 is 2. The maximum atomic E-state index is 12.5. The van der Waals surface area contributed by atoms with Crippen molar-refractivity contribution >= 4 is 29.5 Å². The van der Waals surface area contributed by atoms with Gasteiger partial charge in [-0.05, 0) is 24.5 Å². The second kappa shape index (κ2) is 14.5. The van der Waals surface area contributed by atoms with Gasteiger partial charge in [0.2, 0.25) is 5.91 Å². The van der Waals surface area contributed by atoms with Crippen molar-refractivity contribution in [2.75, 3.05) is 40.5 Å². The summed E-state index contributed by atoms with van der Waals surface area (Å²) in [7, 11) is 2.64. The van der Waals surface area contributed by atoms with Crippen LogP contribution in [0.2, 0.25) is 0 Å². The van der Waals surface area contributed by atoms with Crippen LogP contribution in [0, 0.1) is 0 Å². The summed E-state index contributed by atoms with van der Waals surface area (Å²) in [6, 6.07) is 13.6. The molecule has 0 aromatic heterocycles. The normalized spacial score (nSPS) is 11.2. The van der Waals surface area contributed by atoms with Crippen molar-refractivity contribution in [3.8, 4) is 11.1 Å². The Morgan fingerprint density at radius 1 is 0.838 bits per heavy atom. The van der Waals surface area contributed by atoms with Crippen molar-refractivity contribution in [3.05, 3.63) is 59.7 Å². The maximum Gasteiger partial charge on any atom is 0.407 e. The van der Waals surface area contributed by atoms with Crippen LogP contribution in [0.1, 0.15) is 41.0 Å². The number of hydrogen-bond donors (Lipinski definition) is 1. The highest BCUT2D eigenvalue weighted by atomic mass is 16.5. The number of amides is 2. The first-order valence-corrected chi connectivity index (χ1v) is 11.7. The predicted molar refractivity (Wildman–Crippen MR) is 135 cm³/mol. The molecule has 1 atom stereocenters. The van der Waals surface area contributed by atoms with E-state index in [0.29, 0.717) is 17.5 Å². The number of esters is 1. The van der Waals surface area contributed by atoms with Crippen molar-refractivity contribution in [1.29, 1.82) is 0 Å². The van der Waals surface area contributed by atoms with Crippen molar-refractivity contribution in [2.24, 2.45) is 0 Å². The Bertz CT molecular complexity index is 1100. The molecular weight excluding hydrogens is 480 g/mol. The van der Waals surface area contributed by atoms with Crippen LogP contribution in [0.5, 0.6) is 0 Å². The molecular formula is C27H32N2O8. The molecule has 0 unspecified atom stereocenters. The Balaban J connectivity index is 1.93. The lowest BCUT2D eigenvalue weighted by atomic mass is 10.0. The van der Waals surface area contributed by atoms with Crippen LogP contribution in [-0.4, -0.2) is 81.0 Å². The van der Waals surface area contributed by atoms with Crippen LogP contribution in [0.4, 0.5) is 4.79 Å². The van der Waals surface area contributed by atoms with Gasteiger partial charge in [-0.3, -0.25) is 19.2 Å². The van der Waals surface area contributed by atoms with Gasteiger partial charge in [0.25, 0.3) is 0 Å². The summed E-state index contributed by atoms with van der Waals surface area (Å²) < 4.78 is 14.4. The molecule has 0 saturated carbocycles. The van der Waals surface area contributed by atoms with Gasteiger partial charge in [0.15, 0.2) is 18.2 Å². The van der Waals surface area contributed by atoms with Gasteiger partial charge in [-0.15, -0.1) is 0 Å². The predicted octanol–water partition coefficient (Wildman–Crippen LogP) is 2.89. The minimum absolute atomic E-state index is 0.0132. The zero-order chi connectivity index (χ0) is 27.4. The molecule has 0 aliphatic carbocycles. The average molecular weight is 513 g/mol. The highest BCUT2D eigenvalue weighted by Gasteiger charge is 2.23. The van der Waals surface area contributed by atoms with E-state index in [1.807, 2.05) is 19.1 Å². The first kappa shape index (κ1) is 29.2. The van der Waals surface area contributed by atoms with Gasteiger partial charge in [-0.2, -0.15) is 0 Å². The summed E-state index contributed by atoms with van der Waals surface area (Å²) in [5.41, 5.74) is 2.63. The molecule has 1 N–H and O–H groups in total. The topological polar surface area (TPSA) is 128 Å². The lowest BCUT2D eigenvalue weighted by Gasteiger charge is -2.27. The van der Waals surface area contributed by atoms with E-state index in [1.54, 1.807) is 43.3 Å². The Morgan fingerprint density at radius 3 is 1.81 bits per heavy atom. The Kier molecular flexibility index (Phi) is 11.4. The molecule has 0 aliphatic rings. The van der Waals surface area contributed by atoms with Crippen LogP contribution in [-0.2, 0) is 23.8 Å². The molecule has 0 saturated heterocycles. The summed E-state index contributed by atoms with van der Waals surface area (Å²) in [5.74, 6) is -1.72. The summed E-state index contributed by atoms with van der Waals surface area (Å²) in [6.45, 7) is 2.47. The summed E-state index contributed by atoms with van der Waals surface area (Å²) in [4.78, 5) is 61.7. The average Bonchev–Trinajstić information content (AvgIpc) is 2.92. The Morgan fingerprint density at radius 2 is 1.35 bits per heavy atom. The fraction of sp³-hybridized carbons (Fsp3) is 0.370. The molecule has 2 aromatic carbocycles. The number of nitrogens with zero attached hydrogens (tertiary/aromatic N) is 1. The second-order valence-corrected chi connectivity index (χ2v) is 8.22. The molecule has 0 fully saturated rings. The van der Waals surface area contributed by atoms with Crippen LogP contribution >= 0.6 is 0 Å². The number of Topliss-reactive ketones (excluding diaryl/α,β-unsaturated/α-hetero) is 2. The molecule has 198 valence electrons. The number of ketones is 2. The molecule has 37 heavy (non-hydrogen) atoms. The van der Waals surface area contributed by atoms with E-state index >= 15 is 0 Å². The molecule has 0 heterocycles. The molecule has 2 amide bonds. The Labute approximate surface area is 215 Å². The summed E-state index contributed by atoms with van der Waals surface area (Å²) in [5, 5.41) is 2.29. The molecule has 0 radical (unpaired) electrons. The second-order valence-electron chi connectivity index (χ2n) is 8.22. The SMILES string of the molecule is CC[C@@H](C)N(CC(=O)OCC(=O)c1ccc(-c2ccc(C(=O)COC)cc2)cc1)C(=O)CNC(=O)OC. The molecule has 10 nitrogen and oxygen atoms in total. The molecule has 2 rings (SSSR count). The summed E-state index contributed by atoms with van der Waals surface area (Å²) >= 11 is 0. The number of carbonyl (C=O) groups excluding carboxylic acids is 5. The highest BCUT2D eigenvalue weighted by Crippen LogP contribution is 2.21. The number of nitrogens with one attached hydrogen (secondary N) is 1. The van der Waals surface area contributed by atoms with Gasteiger partial charge in [-0.25, -0.2) is 4.79 Å². The van der Waals surface area contributed by atoms with Gasteiger partial charge in [0, 0.05) is 24.3 Å². The highest BCUT2D eigenvalue weighted by molar-refractivity contribution is 5.99. The number of hydrogen-bond acceptors (Lipinski definition) is 8. The first-order chi connectivity index (χ1) is 17.7. The van der Waals surface area contributed by atoms with Crippen LogP contribution in [0.3, 0.4) is 0 Å². The standard InChI is InChI=1S/C27H32N2O8/c1-5-18(2)29(25(32)14-28-27(34)36-4)15-26(33)37-17-24(31)22-12-8-20(9-13-22)19-6-10-21(11-7-19)23(30)16-35-3/h6-13,18H,5,14-17H2,1-4H3,(H,28,34)/t18-/m1/s1. The van der Waals surface area contributed by atoms with E-state index in [4.69, 9.17) is 9.47 Å². The quantitative estimate of drug-likeness (QED) is 0.321. The van der Waals surface area contributed by atoms with Gasteiger partial charge in [0.05, 0.1) is 7.11 Å². The smallest absolute Gasteiger partial charge is 0.407 e. The van der Waals surface area contributed by atoms with E-state index in [0.717, 1.165) is 11.1 Å². The minimum Gasteiger partial charge on any atom is -0.456 e. The van der Waals surface area contributed by atoms with E-state index in [2.05, 4.69) is 10.1 Å². The third kappa shape index (κ3) is 8.84. The fourth-order valence-corrected chi connectivity index (χ4v) is 3.36.